The average Bonchev–Trinajstić information content (AvgIpc) is 2.62. The van der Waals surface area contributed by atoms with Crippen molar-refractivity contribution in [3.8, 4) is 0 Å². The molecule has 1 atom stereocenters. The highest BCUT2D eigenvalue weighted by Crippen LogP contribution is 2.24. The summed E-state index contributed by atoms with van der Waals surface area (Å²) in [6, 6.07) is 18.3. The summed E-state index contributed by atoms with van der Waals surface area (Å²) in [7, 11) is 0. The van der Waals surface area contributed by atoms with Gasteiger partial charge >= 0.3 is 0 Å². The Hall–Kier alpha value is -1.64. The van der Waals surface area contributed by atoms with E-state index in [0.717, 1.165) is 13.1 Å². The zero-order valence-electron chi connectivity index (χ0n) is 15.1. The quantitative estimate of drug-likeness (QED) is 0.835. The van der Waals surface area contributed by atoms with Crippen molar-refractivity contribution in [2.45, 2.75) is 45.7 Å². The lowest BCUT2D eigenvalue weighted by atomic mass is 10.0. The van der Waals surface area contributed by atoms with Gasteiger partial charge in [0.2, 0.25) is 0 Å². The Kier molecular flexibility index (Phi) is 6.06. The number of aryl methyl sites for hydroxylation is 2. The van der Waals surface area contributed by atoms with Crippen LogP contribution < -0.4 is 5.32 Å². The molecule has 128 valence electrons. The SMILES string of the molecule is Cc1ccc(C(CNCc2ccccc2C)N2CCCCC2)cc1. The van der Waals surface area contributed by atoms with E-state index in [0.29, 0.717) is 6.04 Å². The van der Waals surface area contributed by atoms with Crippen LogP contribution in [0.2, 0.25) is 0 Å². The Morgan fingerprint density at radius 3 is 2.33 bits per heavy atom. The summed E-state index contributed by atoms with van der Waals surface area (Å²) in [4.78, 5) is 2.67. The normalized spacial score (nSPS) is 16.9. The van der Waals surface area contributed by atoms with Crippen LogP contribution in [0.15, 0.2) is 48.5 Å². The highest BCUT2D eigenvalue weighted by molar-refractivity contribution is 5.26. The van der Waals surface area contributed by atoms with E-state index < -0.39 is 0 Å². The largest absolute Gasteiger partial charge is 0.311 e. The number of nitrogens with one attached hydrogen (secondary N) is 1. The minimum absolute atomic E-state index is 0.481. The van der Waals surface area contributed by atoms with Crippen molar-refractivity contribution in [3.05, 3.63) is 70.8 Å². The Bertz CT molecular complexity index is 627. The standard InChI is InChI=1S/C22H30N2/c1-18-10-12-20(13-11-18)22(24-14-6-3-7-15-24)17-23-16-21-9-5-4-8-19(21)2/h4-5,8-13,22-23H,3,6-7,14-17H2,1-2H3. The molecule has 0 aliphatic carbocycles. The van der Waals surface area contributed by atoms with E-state index in [1.807, 2.05) is 0 Å². The van der Waals surface area contributed by atoms with Gasteiger partial charge in [-0.25, -0.2) is 0 Å². The molecule has 0 radical (unpaired) electrons. The number of rotatable bonds is 6. The molecule has 0 bridgehead atoms. The van der Waals surface area contributed by atoms with Gasteiger partial charge in [-0.2, -0.15) is 0 Å². The smallest absolute Gasteiger partial charge is 0.0472 e. The lowest BCUT2D eigenvalue weighted by Gasteiger charge is -2.35. The molecule has 1 aliphatic rings. The average molecular weight is 322 g/mol. The third-order valence-corrected chi connectivity index (χ3v) is 5.21. The maximum absolute atomic E-state index is 3.71. The van der Waals surface area contributed by atoms with Crippen molar-refractivity contribution in [1.29, 1.82) is 0 Å². The summed E-state index contributed by atoms with van der Waals surface area (Å²) in [5.74, 6) is 0. The molecular weight excluding hydrogens is 292 g/mol. The third kappa shape index (κ3) is 4.46. The topological polar surface area (TPSA) is 15.3 Å². The summed E-state index contributed by atoms with van der Waals surface area (Å²) in [5, 5.41) is 3.71. The van der Waals surface area contributed by atoms with Gasteiger partial charge < -0.3 is 5.32 Å². The zero-order chi connectivity index (χ0) is 16.8. The predicted octanol–water partition coefficient (Wildman–Crippen LogP) is 4.62. The lowest BCUT2D eigenvalue weighted by Crippen LogP contribution is -2.39. The molecule has 2 aromatic rings. The molecule has 2 nitrogen and oxygen atoms in total. The molecule has 0 spiro atoms. The summed E-state index contributed by atoms with van der Waals surface area (Å²) >= 11 is 0. The number of benzene rings is 2. The van der Waals surface area contributed by atoms with E-state index in [4.69, 9.17) is 0 Å². The van der Waals surface area contributed by atoms with Gasteiger partial charge in [-0.05, 0) is 56.5 Å². The zero-order valence-corrected chi connectivity index (χ0v) is 15.1. The van der Waals surface area contributed by atoms with Gasteiger partial charge in [-0.3, -0.25) is 4.90 Å². The van der Waals surface area contributed by atoms with Crippen molar-refractivity contribution in [1.82, 2.24) is 10.2 Å². The minimum atomic E-state index is 0.481. The maximum Gasteiger partial charge on any atom is 0.0472 e. The molecular formula is C22H30N2. The molecule has 1 aliphatic heterocycles. The molecule has 1 unspecified atom stereocenters. The highest BCUT2D eigenvalue weighted by Gasteiger charge is 2.21. The molecule has 2 aromatic carbocycles. The van der Waals surface area contributed by atoms with Crippen molar-refractivity contribution in [3.63, 3.8) is 0 Å². The molecule has 1 fully saturated rings. The molecule has 1 heterocycles. The molecule has 3 rings (SSSR count). The van der Waals surface area contributed by atoms with Crippen molar-refractivity contribution in [2.75, 3.05) is 19.6 Å². The van der Waals surface area contributed by atoms with Gasteiger partial charge in [0.05, 0.1) is 0 Å². The van der Waals surface area contributed by atoms with Crippen LogP contribution in [0.3, 0.4) is 0 Å². The van der Waals surface area contributed by atoms with E-state index in [-0.39, 0.29) is 0 Å². The fraction of sp³-hybridized carbons (Fsp3) is 0.455. The van der Waals surface area contributed by atoms with E-state index in [1.165, 1.54) is 54.6 Å². The van der Waals surface area contributed by atoms with Gasteiger partial charge in [-0.15, -0.1) is 0 Å². The Labute approximate surface area is 146 Å². The Balaban J connectivity index is 1.67. The van der Waals surface area contributed by atoms with E-state index in [1.54, 1.807) is 0 Å². The van der Waals surface area contributed by atoms with Crippen molar-refractivity contribution >= 4 is 0 Å². The first-order chi connectivity index (χ1) is 11.7. The second kappa shape index (κ2) is 8.46. The van der Waals surface area contributed by atoms with E-state index in [9.17, 15) is 0 Å². The number of piperidine rings is 1. The third-order valence-electron chi connectivity index (χ3n) is 5.21. The molecule has 2 heteroatoms. The summed E-state index contributed by atoms with van der Waals surface area (Å²) in [6.45, 7) is 8.77. The molecule has 1 N–H and O–H groups in total. The monoisotopic (exact) mass is 322 g/mol. The summed E-state index contributed by atoms with van der Waals surface area (Å²) in [6.07, 6.45) is 4.05. The first kappa shape index (κ1) is 17.2. The fourth-order valence-corrected chi connectivity index (χ4v) is 3.63. The molecule has 24 heavy (non-hydrogen) atoms. The van der Waals surface area contributed by atoms with Crippen LogP contribution in [0.1, 0.15) is 47.6 Å². The maximum atomic E-state index is 3.71. The van der Waals surface area contributed by atoms with Crippen LogP contribution >= 0.6 is 0 Å². The second-order valence-electron chi connectivity index (χ2n) is 7.08. The van der Waals surface area contributed by atoms with Crippen molar-refractivity contribution in [2.24, 2.45) is 0 Å². The van der Waals surface area contributed by atoms with E-state index >= 15 is 0 Å². The van der Waals surface area contributed by atoms with E-state index in [2.05, 4.69) is 72.6 Å². The Morgan fingerprint density at radius 1 is 0.917 bits per heavy atom. The highest BCUT2D eigenvalue weighted by atomic mass is 15.2. The second-order valence-corrected chi connectivity index (χ2v) is 7.08. The summed E-state index contributed by atoms with van der Waals surface area (Å²) < 4.78 is 0. The van der Waals surface area contributed by atoms with Crippen molar-refractivity contribution < 1.29 is 0 Å². The lowest BCUT2D eigenvalue weighted by molar-refractivity contribution is 0.160. The molecule has 0 amide bonds. The Morgan fingerprint density at radius 2 is 1.62 bits per heavy atom. The van der Waals surface area contributed by atoms with Crippen LogP contribution in [0.4, 0.5) is 0 Å². The van der Waals surface area contributed by atoms with Gasteiger partial charge in [0.25, 0.3) is 0 Å². The van der Waals surface area contributed by atoms with Crippen LogP contribution in [0, 0.1) is 13.8 Å². The number of likely N-dealkylation sites (tertiary alicyclic amines) is 1. The number of hydrogen-bond donors (Lipinski definition) is 1. The van der Waals surface area contributed by atoms with Gasteiger partial charge in [0, 0.05) is 19.1 Å². The van der Waals surface area contributed by atoms with Gasteiger partial charge in [-0.1, -0.05) is 60.5 Å². The number of nitrogens with zero attached hydrogens (tertiary/aromatic N) is 1. The number of hydrogen-bond acceptors (Lipinski definition) is 2. The molecule has 0 saturated carbocycles. The van der Waals surface area contributed by atoms with Crippen LogP contribution in [-0.2, 0) is 6.54 Å². The predicted molar refractivity (Wildman–Crippen MR) is 102 cm³/mol. The fourth-order valence-electron chi connectivity index (χ4n) is 3.63. The van der Waals surface area contributed by atoms with Crippen LogP contribution in [0.25, 0.3) is 0 Å². The minimum Gasteiger partial charge on any atom is -0.311 e. The molecule has 0 aromatic heterocycles. The molecule has 1 saturated heterocycles. The van der Waals surface area contributed by atoms with Gasteiger partial charge in [0.1, 0.15) is 0 Å². The first-order valence-corrected chi connectivity index (χ1v) is 9.30. The summed E-state index contributed by atoms with van der Waals surface area (Å²) in [5.41, 5.74) is 5.55. The van der Waals surface area contributed by atoms with Crippen LogP contribution in [-0.4, -0.2) is 24.5 Å². The van der Waals surface area contributed by atoms with Crippen LogP contribution in [0.5, 0.6) is 0 Å². The first-order valence-electron chi connectivity index (χ1n) is 9.30. The van der Waals surface area contributed by atoms with Gasteiger partial charge in [0.15, 0.2) is 0 Å².